The molecule has 118 valence electrons. The van der Waals surface area contributed by atoms with Crippen molar-refractivity contribution in [3.63, 3.8) is 0 Å². The lowest BCUT2D eigenvalue weighted by Gasteiger charge is -2.10. The fourth-order valence-electron chi connectivity index (χ4n) is 2.69. The summed E-state index contributed by atoms with van der Waals surface area (Å²) in [5, 5.41) is 1.00. The molecule has 1 heterocycles. The van der Waals surface area contributed by atoms with Gasteiger partial charge in [-0.2, -0.15) is 0 Å². The van der Waals surface area contributed by atoms with Crippen LogP contribution >= 0.6 is 0 Å². The van der Waals surface area contributed by atoms with E-state index in [4.69, 9.17) is 4.74 Å². The van der Waals surface area contributed by atoms with Crippen LogP contribution < -0.4 is 4.74 Å². The van der Waals surface area contributed by atoms with Gasteiger partial charge in [0.1, 0.15) is 5.75 Å². The number of aryl methyl sites for hydroxylation is 1. The molecule has 0 atom stereocenters. The van der Waals surface area contributed by atoms with Crippen molar-refractivity contribution in [2.24, 2.45) is 0 Å². The van der Waals surface area contributed by atoms with Crippen LogP contribution in [0, 0.1) is 6.92 Å². The van der Waals surface area contributed by atoms with Crippen LogP contribution in [0.3, 0.4) is 0 Å². The van der Waals surface area contributed by atoms with E-state index in [0.29, 0.717) is 5.75 Å². The Kier molecular flexibility index (Phi) is 4.33. The lowest BCUT2D eigenvalue weighted by Crippen LogP contribution is -2.12. The van der Waals surface area contributed by atoms with Crippen LogP contribution in [0.15, 0.2) is 54.6 Å². The molecular weight excluding hydrogens is 290 g/mol. The quantitative estimate of drug-likeness (QED) is 0.677. The molecule has 4 nitrogen and oxygen atoms in total. The maximum absolute atomic E-state index is 11.3. The predicted molar refractivity (Wildman–Crippen MR) is 89.7 cm³/mol. The molecule has 4 heteroatoms. The summed E-state index contributed by atoms with van der Waals surface area (Å²) in [4.78, 5) is 11.3. The van der Waals surface area contributed by atoms with Gasteiger partial charge in [-0.05, 0) is 30.7 Å². The monoisotopic (exact) mass is 309 g/mol. The maximum Gasteiger partial charge on any atom is 0.343 e. The Balaban J connectivity index is 1.94. The first-order chi connectivity index (χ1) is 11.2. The zero-order chi connectivity index (χ0) is 16.2. The van der Waals surface area contributed by atoms with E-state index in [1.165, 1.54) is 12.7 Å². The molecule has 0 bridgehead atoms. The molecule has 0 fully saturated rings. The van der Waals surface area contributed by atoms with Gasteiger partial charge in [-0.1, -0.05) is 36.4 Å². The summed E-state index contributed by atoms with van der Waals surface area (Å²) in [7, 11) is 1.35. The zero-order valence-electron chi connectivity index (χ0n) is 13.3. The van der Waals surface area contributed by atoms with Crippen LogP contribution in [0.4, 0.5) is 0 Å². The normalized spacial score (nSPS) is 10.7. The Bertz CT molecular complexity index is 821. The van der Waals surface area contributed by atoms with E-state index >= 15 is 0 Å². The third kappa shape index (κ3) is 3.21. The molecule has 0 aliphatic heterocycles. The number of hydrogen-bond acceptors (Lipinski definition) is 3. The number of hydrogen-bond donors (Lipinski definition) is 0. The number of esters is 1. The van der Waals surface area contributed by atoms with Crippen molar-refractivity contribution in [1.82, 2.24) is 4.57 Å². The summed E-state index contributed by atoms with van der Waals surface area (Å²) >= 11 is 0. The Hall–Kier alpha value is -2.75. The number of ether oxygens (including phenoxy) is 2. The number of aromatic nitrogens is 1. The van der Waals surface area contributed by atoms with Gasteiger partial charge in [0.15, 0.2) is 6.61 Å². The summed E-state index contributed by atoms with van der Waals surface area (Å²) < 4.78 is 12.5. The van der Waals surface area contributed by atoms with Crippen molar-refractivity contribution in [2.45, 2.75) is 13.5 Å². The first-order valence-corrected chi connectivity index (χ1v) is 7.51. The molecule has 0 spiro atoms. The molecule has 3 rings (SSSR count). The minimum Gasteiger partial charge on any atom is -0.481 e. The van der Waals surface area contributed by atoms with Crippen molar-refractivity contribution >= 4 is 16.9 Å². The number of carbonyl (C=O) groups excluding carboxylic acids is 1. The Morgan fingerprint density at radius 3 is 2.61 bits per heavy atom. The minimum absolute atomic E-state index is 0.0848. The Labute approximate surface area is 135 Å². The van der Waals surface area contributed by atoms with Gasteiger partial charge in [0.25, 0.3) is 0 Å². The molecule has 1 aromatic heterocycles. The van der Waals surface area contributed by atoms with Crippen molar-refractivity contribution in [3.8, 4) is 5.75 Å². The molecule has 0 aliphatic carbocycles. The fraction of sp³-hybridized carbons (Fsp3) is 0.211. The Morgan fingerprint density at radius 2 is 1.87 bits per heavy atom. The highest BCUT2D eigenvalue weighted by Crippen LogP contribution is 2.29. The first kappa shape index (κ1) is 15.2. The second-order valence-corrected chi connectivity index (χ2v) is 5.41. The molecular formula is C19H19NO3. The molecule has 2 aromatic carbocycles. The SMILES string of the molecule is COC(=O)COc1cccc2c1cc(C)n2Cc1ccccc1. The number of benzene rings is 2. The van der Waals surface area contributed by atoms with Crippen LogP contribution in [0.25, 0.3) is 10.9 Å². The fourth-order valence-corrected chi connectivity index (χ4v) is 2.69. The lowest BCUT2D eigenvalue weighted by atomic mass is 10.2. The smallest absolute Gasteiger partial charge is 0.343 e. The minimum atomic E-state index is -0.387. The van der Waals surface area contributed by atoms with Gasteiger partial charge in [-0.25, -0.2) is 4.79 Å². The van der Waals surface area contributed by atoms with E-state index in [0.717, 1.165) is 23.1 Å². The molecule has 0 unspecified atom stereocenters. The summed E-state index contributed by atoms with van der Waals surface area (Å²) in [6, 6.07) is 18.3. The predicted octanol–water partition coefficient (Wildman–Crippen LogP) is 3.55. The van der Waals surface area contributed by atoms with E-state index in [-0.39, 0.29) is 12.6 Å². The van der Waals surface area contributed by atoms with Crippen LogP contribution in [0.2, 0.25) is 0 Å². The van der Waals surface area contributed by atoms with E-state index < -0.39 is 0 Å². The van der Waals surface area contributed by atoms with Crippen LogP contribution in [-0.4, -0.2) is 24.3 Å². The molecule has 0 saturated heterocycles. The largest absolute Gasteiger partial charge is 0.481 e. The van der Waals surface area contributed by atoms with Gasteiger partial charge in [-0.3, -0.25) is 0 Å². The average molecular weight is 309 g/mol. The van der Waals surface area contributed by atoms with Crippen LogP contribution in [0.1, 0.15) is 11.3 Å². The highest BCUT2D eigenvalue weighted by Gasteiger charge is 2.11. The number of fused-ring (bicyclic) bond motifs is 1. The molecule has 3 aromatic rings. The van der Waals surface area contributed by atoms with E-state index in [1.54, 1.807) is 0 Å². The molecule has 0 amide bonds. The van der Waals surface area contributed by atoms with Gasteiger partial charge in [0.2, 0.25) is 0 Å². The third-order valence-corrected chi connectivity index (χ3v) is 3.87. The van der Waals surface area contributed by atoms with Crippen molar-refractivity contribution in [2.75, 3.05) is 13.7 Å². The summed E-state index contributed by atoms with van der Waals surface area (Å²) in [6.07, 6.45) is 0. The van der Waals surface area contributed by atoms with Crippen molar-refractivity contribution in [1.29, 1.82) is 0 Å². The number of carbonyl (C=O) groups is 1. The van der Waals surface area contributed by atoms with E-state index in [9.17, 15) is 4.79 Å². The summed E-state index contributed by atoms with van der Waals surface area (Å²) in [5.41, 5.74) is 3.49. The molecule has 0 saturated carbocycles. The summed E-state index contributed by atoms with van der Waals surface area (Å²) in [5.74, 6) is 0.310. The van der Waals surface area contributed by atoms with E-state index in [2.05, 4.69) is 40.5 Å². The standard InChI is InChI=1S/C19H19NO3/c1-14-11-16-17(20(14)12-15-7-4-3-5-8-15)9-6-10-18(16)23-13-19(21)22-2/h3-11H,12-13H2,1-2H3. The molecule has 0 aliphatic rings. The number of methoxy groups -OCH3 is 1. The van der Waals surface area contributed by atoms with Gasteiger partial charge >= 0.3 is 5.97 Å². The highest BCUT2D eigenvalue weighted by atomic mass is 16.6. The van der Waals surface area contributed by atoms with Crippen LogP contribution in [-0.2, 0) is 16.1 Å². The molecule has 0 N–H and O–H groups in total. The first-order valence-electron chi connectivity index (χ1n) is 7.51. The van der Waals surface area contributed by atoms with Crippen molar-refractivity contribution in [3.05, 3.63) is 65.9 Å². The highest BCUT2D eigenvalue weighted by molar-refractivity contribution is 5.88. The molecule has 0 radical (unpaired) electrons. The lowest BCUT2D eigenvalue weighted by molar-refractivity contribution is -0.142. The van der Waals surface area contributed by atoms with Gasteiger partial charge in [-0.15, -0.1) is 0 Å². The van der Waals surface area contributed by atoms with Gasteiger partial charge in [0, 0.05) is 17.6 Å². The maximum atomic E-state index is 11.3. The van der Waals surface area contributed by atoms with Crippen LogP contribution in [0.5, 0.6) is 5.75 Å². The van der Waals surface area contributed by atoms with Gasteiger partial charge < -0.3 is 14.0 Å². The summed E-state index contributed by atoms with van der Waals surface area (Å²) in [6.45, 7) is 2.79. The van der Waals surface area contributed by atoms with Gasteiger partial charge in [0.05, 0.1) is 12.6 Å². The third-order valence-electron chi connectivity index (χ3n) is 3.87. The zero-order valence-corrected chi connectivity index (χ0v) is 13.3. The second kappa shape index (κ2) is 6.57. The van der Waals surface area contributed by atoms with Crippen molar-refractivity contribution < 1.29 is 14.3 Å². The average Bonchev–Trinajstić information content (AvgIpc) is 2.90. The van der Waals surface area contributed by atoms with E-state index in [1.807, 2.05) is 30.3 Å². The number of nitrogens with zero attached hydrogens (tertiary/aromatic N) is 1. The molecule has 23 heavy (non-hydrogen) atoms. The Morgan fingerprint density at radius 1 is 1.09 bits per heavy atom. The second-order valence-electron chi connectivity index (χ2n) is 5.41. The topological polar surface area (TPSA) is 40.5 Å². The number of rotatable bonds is 5.